The molecule has 106 valence electrons. The maximum absolute atomic E-state index is 4.52. The first-order chi connectivity index (χ1) is 10.2. The highest BCUT2D eigenvalue weighted by Crippen LogP contribution is 2.25. The lowest BCUT2D eigenvalue weighted by molar-refractivity contribution is 0.885. The molecule has 0 aliphatic heterocycles. The first kappa shape index (κ1) is 13.8. The minimum atomic E-state index is 0.290. The Hall–Kier alpha value is -2.13. The number of hydrogen-bond acceptors (Lipinski definition) is 3. The van der Waals surface area contributed by atoms with Crippen molar-refractivity contribution in [2.24, 2.45) is 0 Å². The second-order valence-electron chi connectivity index (χ2n) is 5.11. The smallest absolute Gasteiger partial charge is 0.0901 e. The molecule has 21 heavy (non-hydrogen) atoms. The van der Waals surface area contributed by atoms with Gasteiger partial charge in [-0.15, -0.1) is 11.3 Å². The Labute approximate surface area is 129 Å². The van der Waals surface area contributed by atoms with Gasteiger partial charge >= 0.3 is 0 Å². The second-order valence-corrected chi connectivity index (χ2v) is 6.17. The van der Waals surface area contributed by atoms with Crippen LogP contribution in [0.2, 0.25) is 0 Å². The first-order valence-electron chi connectivity index (χ1n) is 7.06. The highest BCUT2D eigenvalue weighted by Gasteiger charge is 2.05. The number of aryl methyl sites for hydroxylation is 1. The van der Waals surface area contributed by atoms with E-state index in [-0.39, 0.29) is 0 Å². The zero-order valence-electron chi connectivity index (χ0n) is 12.2. The number of rotatable bonds is 4. The van der Waals surface area contributed by atoms with Crippen LogP contribution in [-0.2, 0) is 0 Å². The molecule has 0 spiro atoms. The standard InChI is InChI=1S/C18H18N2S/c1-13(15-6-4-3-5-7-15)19-17-10-8-16(9-11-17)18-12-21-14(2)20-18/h3-13,19H,1-2H3. The molecule has 2 aromatic carbocycles. The molecule has 0 radical (unpaired) electrons. The van der Waals surface area contributed by atoms with Crippen molar-refractivity contribution in [1.82, 2.24) is 4.98 Å². The second kappa shape index (κ2) is 6.10. The van der Waals surface area contributed by atoms with E-state index >= 15 is 0 Å². The van der Waals surface area contributed by atoms with Crippen LogP contribution in [0.25, 0.3) is 11.3 Å². The molecule has 0 aliphatic carbocycles. The Kier molecular flexibility index (Phi) is 4.02. The van der Waals surface area contributed by atoms with E-state index < -0.39 is 0 Å². The van der Waals surface area contributed by atoms with E-state index in [1.165, 1.54) is 5.56 Å². The van der Waals surface area contributed by atoms with Crippen LogP contribution in [0, 0.1) is 6.92 Å². The lowest BCUT2D eigenvalue weighted by Crippen LogP contribution is -2.06. The van der Waals surface area contributed by atoms with Gasteiger partial charge in [0, 0.05) is 22.7 Å². The Balaban J connectivity index is 1.73. The van der Waals surface area contributed by atoms with E-state index in [2.05, 4.69) is 71.1 Å². The molecular weight excluding hydrogens is 276 g/mol. The van der Waals surface area contributed by atoms with Gasteiger partial charge in [-0.25, -0.2) is 4.98 Å². The topological polar surface area (TPSA) is 24.9 Å². The number of thiazole rings is 1. The highest BCUT2D eigenvalue weighted by atomic mass is 32.1. The van der Waals surface area contributed by atoms with Crippen molar-refractivity contribution in [2.75, 3.05) is 5.32 Å². The van der Waals surface area contributed by atoms with Gasteiger partial charge in [0.05, 0.1) is 10.7 Å². The van der Waals surface area contributed by atoms with Gasteiger partial charge in [0.2, 0.25) is 0 Å². The van der Waals surface area contributed by atoms with Crippen molar-refractivity contribution in [3.63, 3.8) is 0 Å². The molecular formula is C18H18N2S. The zero-order valence-corrected chi connectivity index (χ0v) is 13.0. The Morgan fingerprint density at radius 1 is 1.00 bits per heavy atom. The molecule has 1 aromatic heterocycles. The monoisotopic (exact) mass is 294 g/mol. The van der Waals surface area contributed by atoms with E-state index in [1.807, 2.05) is 13.0 Å². The summed E-state index contributed by atoms with van der Waals surface area (Å²) in [5.74, 6) is 0. The Bertz CT molecular complexity index is 702. The summed E-state index contributed by atoms with van der Waals surface area (Å²) in [6, 6.07) is 19.2. The predicted octanol–water partition coefficient (Wildman–Crippen LogP) is 5.29. The number of nitrogens with one attached hydrogen (secondary N) is 1. The predicted molar refractivity (Wildman–Crippen MR) is 90.8 cm³/mol. The largest absolute Gasteiger partial charge is 0.379 e. The molecule has 0 amide bonds. The van der Waals surface area contributed by atoms with Crippen LogP contribution < -0.4 is 5.32 Å². The van der Waals surface area contributed by atoms with Crippen molar-refractivity contribution in [2.45, 2.75) is 19.9 Å². The summed E-state index contributed by atoms with van der Waals surface area (Å²) in [6.07, 6.45) is 0. The van der Waals surface area contributed by atoms with Gasteiger partial charge in [0.15, 0.2) is 0 Å². The summed E-state index contributed by atoms with van der Waals surface area (Å²) < 4.78 is 0. The number of nitrogens with zero attached hydrogens (tertiary/aromatic N) is 1. The Morgan fingerprint density at radius 3 is 2.33 bits per heavy atom. The zero-order chi connectivity index (χ0) is 14.7. The summed E-state index contributed by atoms with van der Waals surface area (Å²) in [4.78, 5) is 4.52. The third-order valence-electron chi connectivity index (χ3n) is 3.48. The summed E-state index contributed by atoms with van der Waals surface area (Å²) in [5.41, 5.74) is 4.64. The molecule has 0 fully saturated rings. The lowest BCUT2D eigenvalue weighted by Gasteiger charge is -2.15. The van der Waals surface area contributed by atoms with Crippen molar-refractivity contribution >= 4 is 17.0 Å². The van der Waals surface area contributed by atoms with Crippen LogP contribution in [0.1, 0.15) is 23.5 Å². The molecule has 0 saturated carbocycles. The molecule has 1 unspecified atom stereocenters. The number of benzene rings is 2. The molecule has 3 rings (SSSR count). The number of hydrogen-bond donors (Lipinski definition) is 1. The van der Waals surface area contributed by atoms with Gasteiger partial charge in [0.25, 0.3) is 0 Å². The first-order valence-corrected chi connectivity index (χ1v) is 7.94. The minimum Gasteiger partial charge on any atom is -0.379 e. The summed E-state index contributed by atoms with van der Waals surface area (Å²) in [7, 11) is 0. The molecule has 0 bridgehead atoms. The maximum Gasteiger partial charge on any atom is 0.0901 e. The van der Waals surface area contributed by atoms with Gasteiger partial charge in [-0.1, -0.05) is 42.5 Å². The molecule has 1 atom stereocenters. The molecule has 0 saturated heterocycles. The molecule has 1 heterocycles. The van der Waals surface area contributed by atoms with E-state index in [4.69, 9.17) is 0 Å². The van der Waals surface area contributed by atoms with Gasteiger partial charge in [-0.2, -0.15) is 0 Å². The summed E-state index contributed by atoms with van der Waals surface area (Å²) in [5, 5.41) is 6.73. The van der Waals surface area contributed by atoms with Crippen LogP contribution in [0.5, 0.6) is 0 Å². The van der Waals surface area contributed by atoms with E-state index in [1.54, 1.807) is 11.3 Å². The van der Waals surface area contributed by atoms with Crippen LogP contribution >= 0.6 is 11.3 Å². The summed E-state index contributed by atoms with van der Waals surface area (Å²) >= 11 is 1.68. The third kappa shape index (κ3) is 3.31. The molecule has 3 aromatic rings. The van der Waals surface area contributed by atoms with Gasteiger partial charge in [-0.05, 0) is 31.5 Å². The van der Waals surface area contributed by atoms with Gasteiger partial charge < -0.3 is 5.32 Å². The minimum absolute atomic E-state index is 0.290. The number of anilines is 1. The molecule has 2 nitrogen and oxygen atoms in total. The normalized spacial score (nSPS) is 12.1. The quantitative estimate of drug-likeness (QED) is 0.707. The maximum atomic E-state index is 4.52. The fraction of sp³-hybridized carbons (Fsp3) is 0.167. The van der Waals surface area contributed by atoms with Gasteiger partial charge in [-0.3, -0.25) is 0 Å². The van der Waals surface area contributed by atoms with Crippen LogP contribution in [-0.4, -0.2) is 4.98 Å². The van der Waals surface area contributed by atoms with E-state index in [9.17, 15) is 0 Å². The van der Waals surface area contributed by atoms with Gasteiger partial charge in [0.1, 0.15) is 0 Å². The third-order valence-corrected chi connectivity index (χ3v) is 4.26. The average molecular weight is 294 g/mol. The van der Waals surface area contributed by atoms with Crippen LogP contribution in [0.15, 0.2) is 60.0 Å². The fourth-order valence-corrected chi connectivity index (χ4v) is 2.93. The number of aromatic nitrogens is 1. The van der Waals surface area contributed by atoms with Crippen molar-refractivity contribution < 1.29 is 0 Å². The van der Waals surface area contributed by atoms with Crippen LogP contribution in [0.3, 0.4) is 0 Å². The average Bonchev–Trinajstić information content (AvgIpc) is 2.95. The highest BCUT2D eigenvalue weighted by molar-refractivity contribution is 7.09. The van der Waals surface area contributed by atoms with Crippen molar-refractivity contribution in [3.8, 4) is 11.3 Å². The Morgan fingerprint density at radius 2 is 1.71 bits per heavy atom. The molecule has 3 heteroatoms. The SMILES string of the molecule is Cc1nc(-c2ccc(NC(C)c3ccccc3)cc2)cs1. The molecule has 1 N–H and O–H groups in total. The molecule has 0 aliphatic rings. The van der Waals surface area contributed by atoms with E-state index in [0.29, 0.717) is 6.04 Å². The van der Waals surface area contributed by atoms with E-state index in [0.717, 1.165) is 22.0 Å². The summed E-state index contributed by atoms with van der Waals surface area (Å²) in [6.45, 7) is 4.21. The van der Waals surface area contributed by atoms with Crippen molar-refractivity contribution in [3.05, 3.63) is 70.5 Å². The lowest BCUT2D eigenvalue weighted by atomic mass is 10.1. The van der Waals surface area contributed by atoms with Crippen LogP contribution in [0.4, 0.5) is 5.69 Å². The van der Waals surface area contributed by atoms with Crippen molar-refractivity contribution in [1.29, 1.82) is 0 Å². The fourth-order valence-electron chi connectivity index (χ4n) is 2.31.